The second-order valence-corrected chi connectivity index (χ2v) is 5.05. The lowest BCUT2D eigenvalue weighted by Gasteiger charge is -2.29. The monoisotopic (exact) mass is 248 g/mol. The van der Waals surface area contributed by atoms with Crippen LogP contribution >= 0.6 is 0 Å². The molecule has 0 radical (unpaired) electrons. The summed E-state index contributed by atoms with van der Waals surface area (Å²) in [6, 6.07) is 5.97. The molecule has 2 rings (SSSR count). The molecule has 18 heavy (non-hydrogen) atoms. The lowest BCUT2D eigenvalue weighted by molar-refractivity contribution is -0.136. The summed E-state index contributed by atoms with van der Waals surface area (Å²) < 4.78 is 0. The molecule has 1 atom stereocenters. The van der Waals surface area contributed by atoms with Crippen LogP contribution in [0.4, 0.5) is 0 Å². The molecular weight excluding hydrogens is 228 g/mol. The zero-order valence-corrected chi connectivity index (χ0v) is 10.8. The Morgan fingerprint density at radius 1 is 1.56 bits per heavy atom. The first-order valence-electron chi connectivity index (χ1n) is 6.51. The van der Waals surface area contributed by atoms with Gasteiger partial charge in [0.25, 0.3) is 0 Å². The summed E-state index contributed by atoms with van der Waals surface area (Å²) >= 11 is 0. The number of hydrogen-bond acceptors (Lipinski definition) is 3. The summed E-state index contributed by atoms with van der Waals surface area (Å²) in [5, 5.41) is 8.69. The van der Waals surface area contributed by atoms with Crippen molar-refractivity contribution in [3.05, 3.63) is 29.6 Å². The first-order chi connectivity index (χ1) is 8.65. The number of rotatable bonds is 4. The van der Waals surface area contributed by atoms with Crippen LogP contribution < -0.4 is 0 Å². The van der Waals surface area contributed by atoms with Crippen molar-refractivity contribution in [1.82, 2.24) is 9.88 Å². The summed E-state index contributed by atoms with van der Waals surface area (Å²) in [7, 11) is 2.14. The number of carbonyl (C=O) groups is 1. The van der Waals surface area contributed by atoms with E-state index in [1.165, 1.54) is 12.8 Å². The third-order valence-corrected chi connectivity index (χ3v) is 3.47. The Morgan fingerprint density at radius 2 is 2.39 bits per heavy atom. The van der Waals surface area contributed by atoms with Gasteiger partial charge in [0.15, 0.2) is 0 Å². The van der Waals surface area contributed by atoms with Gasteiger partial charge in [0.1, 0.15) is 0 Å². The molecule has 0 saturated carbocycles. The standard InChI is InChI=1S/C14H20N2O2/c1-16-9-3-4-11(10-16)13-6-2-5-12(15-13)7-8-14(17)18/h2,5-6,11H,3-4,7-10H2,1H3,(H,17,18)/t11-/m1/s1. The van der Waals surface area contributed by atoms with Crippen LogP contribution in [-0.4, -0.2) is 41.1 Å². The Hall–Kier alpha value is -1.42. The van der Waals surface area contributed by atoms with Gasteiger partial charge in [0, 0.05) is 30.3 Å². The molecule has 0 bridgehead atoms. The van der Waals surface area contributed by atoms with Gasteiger partial charge < -0.3 is 10.0 Å². The molecule has 1 aromatic rings. The van der Waals surface area contributed by atoms with Crippen molar-refractivity contribution in [3.63, 3.8) is 0 Å². The SMILES string of the molecule is CN1CCC[C@@H](c2cccc(CCC(=O)O)n2)C1. The van der Waals surface area contributed by atoms with Crippen molar-refractivity contribution in [2.45, 2.75) is 31.6 Å². The Balaban J connectivity index is 2.04. The van der Waals surface area contributed by atoms with E-state index in [2.05, 4.69) is 23.0 Å². The molecule has 1 N–H and O–H groups in total. The van der Waals surface area contributed by atoms with Gasteiger partial charge in [-0.3, -0.25) is 9.78 Å². The summed E-state index contributed by atoms with van der Waals surface area (Å²) in [4.78, 5) is 17.5. The van der Waals surface area contributed by atoms with Crippen LogP contribution in [0.3, 0.4) is 0 Å². The number of carboxylic acids is 1. The Morgan fingerprint density at radius 3 is 3.11 bits per heavy atom. The van der Waals surface area contributed by atoms with Crippen LogP contribution in [0.5, 0.6) is 0 Å². The number of hydrogen-bond donors (Lipinski definition) is 1. The van der Waals surface area contributed by atoms with E-state index < -0.39 is 5.97 Å². The average Bonchev–Trinajstić information content (AvgIpc) is 2.37. The fourth-order valence-electron chi connectivity index (χ4n) is 2.51. The number of aliphatic carboxylic acids is 1. The molecule has 1 saturated heterocycles. The van der Waals surface area contributed by atoms with Crippen molar-refractivity contribution in [2.24, 2.45) is 0 Å². The molecule has 4 heteroatoms. The number of aryl methyl sites for hydroxylation is 1. The largest absolute Gasteiger partial charge is 0.481 e. The van der Waals surface area contributed by atoms with Crippen LogP contribution in [-0.2, 0) is 11.2 Å². The normalized spacial score (nSPS) is 20.8. The first-order valence-corrected chi connectivity index (χ1v) is 6.51. The second kappa shape index (κ2) is 5.96. The van der Waals surface area contributed by atoms with Crippen LogP contribution in [0.1, 0.15) is 36.6 Å². The molecule has 1 fully saturated rings. The van der Waals surface area contributed by atoms with Crippen LogP contribution in [0.25, 0.3) is 0 Å². The van der Waals surface area contributed by atoms with E-state index in [4.69, 9.17) is 5.11 Å². The summed E-state index contributed by atoms with van der Waals surface area (Å²) in [5.41, 5.74) is 2.01. The van der Waals surface area contributed by atoms with Gasteiger partial charge >= 0.3 is 5.97 Å². The van der Waals surface area contributed by atoms with Gasteiger partial charge in [-0.15, -0.1) is 0 Å². The fourth-order valence-corrected chi connectivity index (χ4v) is 2.51. The second-order valence-electron chi connectivity index (χ2n) is 5.05. The molecular formula is C14H20N2O2. The van der Waals surface area contributed by atoms with Gasteiger partial charge in [-0.05, 0) is 38.6 Å². The predicted octanol–water partition coefficient (Wildman–Crippen LogP) is 1.91. The highest BCUT2D eigenvalue weighted by atomic mass is 16.4. The van der Waals surface area contributed by atoms with E-state index >= 15 is 0 Å². The molecule has 1 aliphatic rings. The van der Waals surface area contributed by atoms with Crippen molar-refractivity contribution in [1.29, 1.82) is 0 Å². The van der Waals surface area contributed by atoms with Gasteiger partial charge in [0.05, 0.1) is 6.42 Å². The van der Waals surface area contributed by atoms with Crippen LogP contribution in [0.15, 0.2) is 18.2 Å². The predicted molar refractivity (Wildman–Crippen MR) is 69.7 cm³/mol. The molecule has 0 unspecified atom stereocenters. The highest BCUT2D eigenvalue weighted by Gasteiger charge is 2.20. The maximum Gasteiger partial charge on any atom is 0.303 e. The molecule has 4 nitrogen and oxygen atoms in total. The van der Waals surface area contributed by atoms with Crippen molar-refractivity contribution in [3.8, 4) is 0 Å². The Kier molecular flexibility index (Phi) is 4.31. The maximum absolute atomic E-state index is 10.6. The minimum absolute atomic E-state index is 0.154. The number of nitrogens with zero attached hydrogens (tertiary/aromatic N) is 2. The van der Waals surface area contributed by atoms with Gasteiger partial charge in [-0.1, -0.05) is 6.07 Å². The molecule has 98 valence electrons. The zero-order chi connectivity index (χ0) is 13.0. The topological polar surface area (TPSA) is 53.4 Å². The first kappa shape index (κ1) is 13.0. The summed E-state index contributed by atoms with van der Waals surface area (Å²) in [6.45, 7) is 2.21. The van der Waals surface area contributed by atoms with E-state index in [9.17, 15) is 4.79 Å². The number of piperidine rings is 1. The van der Waals surface area contributed by atoms with E-state index in [1.807, 2.05) is 12.1 Å². The molecule has 0 spiro atoms. The minimum Gasteiger partial charge on any atom is -0.481 e. The number of likely N-dealkylation sites (tertiary alicyclic amines) is 1. The Labute approximate surface area is 108 Å². The molecule has 1 aliphatic heterocycles. The molecule has 1 aromatic heterocycles. The van der Waals surface area contributed by atoms with Crippen molar-refractivity contribution >= 4 is 5.97 Å². The Bertz CT molecular complexity index is 420. The number of likely N-dealkylation sites (N-methyl/N-ethyl adjacent to an activating group) is 1. The number of aromatic nitrogens is 1. The lowest BCUT2D eigenvalue weighted by atomic mass is 9.94. The molecule has 0 aromatic carbocycles. The third-order valence-electron chi connectivity index (χ3n) is 3.47. The van der Waals surface area contributed by atoms with E-state index in [0.29, 0.717) is 12.3 Å². The minimum atomic E-state index is -0.764. The summed E-state index contributed by atoms with van der Waals surface area (Å²) in [6.07, 6.45) is 3.06. The molecule has 0 amide bonds. The third kappa shape index (κ3) is 3.53. The van der Waals surface area contributed by atoms with Gasteiger partial charge in [-0.25, -0.2) is 0 Å². The van der Waals surface area contributed by atoms with Gasteiger partial charge in [0.2, 0.25) is 0 Å². The molecule has 0 aliphatic carbocycles. The van der Waals surface area contributed by atoms with Crippen LogP contribution in [0, 0.1) is 0 Å². The highest BCUT2D eigenvalue weighted by molar-refractivity contribution is 5.66. The smallest absolute Gasteiger partial charge is 0.303 e. The number of pyridine rings is 1. The zero-order valence-electron chi connectivity index (χ0n) is 10.8. The maximum atomic E-state index is 10.6. The van der Waals surface area contributed by atoms with E-state index in [1.54, 1.807) is 0 Å². The van der Waals surface area contributed by atoms with Crippen molar-refractivity contribution in [2.75, 3.05) is 20.1 Å². The van der Waals surface area contributed by atoms with Gasteiger partial charge in [-0.2, -0.15) is 0 Å². The number of carboxylic acid groups (broad SMARTS) is 1. The molecule has 2 heterocycles. The lowest BCUT2D eigenvalue weighted by Crippen LogP contribution is -2.31. The average molecular weight is 248 g/mol. The highest BCUT2D eigenvalue weighted by Crippen LogP contribution is 2.24. The van der Waals surface area contributed by atoms with Crippen molar-refractivity contribution < 1.29 is 9.90 Å². The summed E-state index contributed by atoms with van der Waals surface area (Å²) in [5.74, 6) is -0.270. The van der Waals surface area contributed by atoms with Crippen LogP contribution in [0.2, 0.25) is 0 Å². The quantitative estimate of drug-likeness (QED) is 0.884. The fraction of sp³-hybridized carbons (Fsp3) is 0.571. The van der Waals surface area contributed by atoms with E-state index in [-0.39, 0.29) is 6.42 Å². The van der Waals surface area contributed by atoms with E-state index in [0.717, 1.165) is 24.5 Å².